The van der Waals surface area contributed by atoms with Crippen molar-refractivity contribution in [3.8, 4) is 0 Å². The van der Waals surface area contributed by atoms with Crippen molar-refractivity contribution in [1.29, 1.82) is 0 Å². The zero-order valence-electron chi connectivity index (χ0n) is 15.7. The van der Waals surface area contributed by atoms with Crippen LogP contribution in [0.2, 0.25) is 0 Å². The lowest BCUT2D eigenvalue weighted by molar-refractivity contribution is -0.129. The van der Waals surface area contributed by atoms with Crippen molar-refractivity contribution >= 4 is 28.1 Å². The second-order valence-corrected chi connectivity index (χ2v) is 8.40. The molecule has 15 heteroatoms. The van der Waals surface area contributed by atoms with Crippen LogP contribution in [0.25, 0.3) is 0 Å². The van der Waals surface area contributed by atoms with Crippen LogP contribution in [0.5, 0.6) is 0 Å². The molecule has 3 amide bonds. The van der Waals surface area contributed by atoms with E-state index in [4.69, 9.17) is 4.55 Å². The van der Waals surface area contributed by atoms with Gasteiger partial charge in [0.15, 0.2) is 5.78 Å². The van der Waals surface area contributed by atoms with Gasteiger partial charge < -0.3 is 15.5 Å². The van der Waals surface area contributed by atoms with Crippen LogP contribution in [-0.4, -0.2) is 93.4 Å². The Kier molecular flexibility index (Phi) is 5.44. The van der Waals surface area contributed by atoms with Gasteiger partial charge in [0.05, 0.1) is 37.1 Å². The Hall–Kier alpha value is -2.62. The van der Waals surface area contributed by atoms with Gasteiger partial charge in [-0.2, -0.15) is 28.5 Å². The number of carbonyl (C=O) groups excluding carboxylic acids is 3. The summed E-state index contributed by atoms with van der Waals surface area (Å²) in [6.07, 6.45) is 4.21. The third kappa shape index (κ3) is 4.14. The van der Waals surface area contributed by atoms with E-state index >= 15 is 0 Å². The van der Waals surface area contributed by atoms with Crippen molar-refractivity contribution in [2.24, 2.45) is 0 Å². The van der Waals surface area contributed by atoms with E-state index in [1.807, 2.05) is 0 Å². The standard InChI is InChI=1S/C15H21N7O7S/c23-13(11-5-10(6-16-11)22-18-3-4-19-22)7-17-14(24)12-2-1-9-8-20(12)15(25)21(9)29-30(26,27)28/h3-4,9-12,16H,1-2,5-8H2,(H,17,24)(H,26,27,28)/t9-,10+,11+,12+/m1/s1. The van der Waals surface area contributed by atoms with Crippen LogP contribution in [0, 0.1) is 0 Å². The van der Waals surface area contributed by atoms with E-state index in [1.165, 1.54) is 9.70 Å². The summed E-state index contributed by atoms with van der Waals surface area (Å²) in [5, 5.41) is 14.3. The van der Waals surface area contributed by atoms with E-state index < -0.39 is 40.5 Å². The largest absolute Gasteiger partial charge is 0.418 e. The van der Waals surface area contributed by atoms with Crippen LogP contribution < -0.4 is 10.6 Å². The molecule has 0 aliphatic carbocycles. The van der Waals surface area contributed by atoms with E-state index in [0.717, 1.165) is 0 Å². The van der Waals surface area contributed by atoms with E-state index in [1.54, 1.807) is 12.4 Å². The lowest BCUT2D eigenvalue weighted by atomic mass is 10.00. The molecule has 1 aromatic rings. The van der Waals surface area contributed by atoms with Gasteiger partial charge in [-0.15, -0.1) is 4.28 Å². The molecule has 30 heavy (non-hydrogen) atoms. The summed E-state index contributed by atoms with van der Waals surface area (Å²) in [7, 11) is -4.85. The molecule has 3 saturated heterocycles. The number of aromatic nitrogens is 3. The minimum atomic E-state index is -4.85. The fraction of sp³-hybridized carbons (Fsp3) is 0.667. The Bertz CT molecular complexity index is 937. The van der Waals surface area contributed by atoms with Gasteiger partial charge in [0.1, 0.15) is 6.04 Å². The minimum Gasteiger partial charge on any atom is -0.347 e. The van der Waals surface area contributed by atoms with Crippen molar-refractivity contribution < 1.29 is 31.6 Å². The molecule has 0 radical (unpaired) electrons. The monoisotopic (exact) mass is 443 g/mol. The third-order valence-electron chi connectivity index (χ3n) is 5.50. The fourth-order valence-corrected chi connectivity index (χ4v) is 4.46. The van der Waals surface area contributed by atoms with Crippen molar-refractivity contribution in [2.45, 2.75) is 43.4 Å². The highest BCUT2D eigenvalue weighted by Gasteiger charge is 2.49. The molecule has 3 aliphatic rings. The molecule has 3 aliphatic heterocycles. The van der Waals surface area contributed by atoms with Gasteiger partial charge in [-0.25, -0.2) is 4.79 Å². The number of amides is 3. The van der Waals surface area contributed by atoms with Gasteiger partial charge in [-0.1, -0.05) is 0 Å². The zero-order chi connectivity index (χ0) is 21.5. The highest BCUT2D eigenvalue weighted by molar-refractivity contribution is 7.80. The lowest BCUT2D eigenvalue weighted by Gasteiger charge is -2.29. The average molecular weight is 443 g/mol. The SMILES string of the molecule is O=C(CNC(=O)[C@@H]1CC[C@@H]2CN1C(=O)N2OS(=O)(=O)O)[C@@H]1C[C@H](n2nccn2)CN1. The highest BCUT2D eigenvalue weighted by atomic mass is 32.3. The number of carbonyl (C=O) groups is 3. The van der Waals surface area contributed by atoms with Crippen LogP contribution in [0.1, 0.15) is 25.3 Å². The minimum absolute atomic E-state index is 0.0454. The number of fused-ring (bicyclic) bond motifs is 2. The van der Waals surface area contributed by atoms with Crippen LogP contribution in [0.3, 0.4) is 0 Å². The second kappa shape index (κ2) is 7.90. The molecular formula is C15H21N7O7S. The number of hydroxylamine groups is 2. The maximum Gasteiger partial charge on any atom is 0.418 e. The Balaban J connectivity index is 1.29. The topological polar surface area (TPSA) is 176 Å². The first-order valence-corrected chi connectivity index (χ1v) is 10.8. The zero-order valence-corrected chi connectivity index (χ0v) is 16.6. The normalized spacial score (nSPS) is 28.8. The molecule has 2 bridgehead atoms. The van der Waals surface area contributed by atoms with Crippen molar-refractivity contribution in [3.63, 3.8) is 0 Å². The Morgan fingerprint density at radius 3 is 2.70 bits per heavy atom. The summed E-state index contributed by atoms with van der Waals surface area (Å²) < 4.78 is 35.0. The number of hydrogen-bond acceptors (Lipinski definition) is 9. The van der Waals surface area contributed by atoms with Crippen molar-refractivity contribution in [2.75, 3.05) is 19.6 Å². The van der Waals surface area contributed by atoms with Crippen LogP contribution in [0.15, 0.2) is 12.4 Å². The van der Waals surface area contributed by atoms with Gasteiger partial charge in [0.25, 0.3) is 0 Å². The smallest absolute Gasteiger partial charge is 0.347 e. The van der Waals surface area contributed by atoms with Gasteiger partial charge in [-0.05, 0) is 19.3 Å². The van der Waals surface area contributed by atoms with E-state index in [2.05, 4.69) is 25.1 Å². The van der Waals surface area contributed by atoms with Crippen LogP contribution in [0.4, 0.5) is 4.79 Å². The molecule has 3 fully saturated rings. The first-order valence-electron chi connectivity index (χ1n) is 9.39. The van der Waals surface area contributed by atoms with Crippen LogP contribution in [-0.2, 0) is 24.3 Å². The first kappa shape index (κ1) is 20.6. The maximum atomic E-state index is 12.6. The second-order valence-electron chi connectivity index (χ2n) is 7.39. The first-order chi connectivity index (χ1) is 14.2. The molecule has 164 valence electrons. The van der Waals surface area contributed by atoms with E-state index in [9.17, 15) is 22.8 Å². The molecule has 3 N–H and O–H groups in total. The molecule has 4 rings (SSSR count). The molecular weight excluding hydrogens is 422 g/mol. The molecule has 1 aromatic heterocycles. The van der Waals surface area contributed by atoms with E-state index in [-0.39, 0.29) is 31.3 Å². The quantitative estimate of drug-likeness (QED) is 0.395. The number of hydrogen-bond donors (Lipinski definition) is 3. The predicted molar refractivity (Wildman–Crippen MR) is 96.9 cm³/mol. The number of urea groups is 1. The number of rotatable bonds is 7. The maximum absolute atomic E-state index is 12.6. The van der Waals surface area contributed by atoms with Gasteiger partial charge in [-0.3, -0.25) is 14.1 Å². The van der Waals surface area contributed by atoms with Crippen molar-refractivity contribution in [1.82, 2.24) is 35.6 Å². The Morgan fingerprint density at radius 2 is 2.00 bits per heavy atom. The number of piperidine rings is 1. The number of Topliss-reactive ketones (excluding diaryl/α,β-unsaturated/α-hetero) is 1. The molecule has 0 unspecified atom stereocenters. The van der Waals surface area contributed by atoms with Gasteiger partial charge >= 0.3 is 16.4 Å². The summed E-state index contributed by atoms with van der Waals surface area (Å²) in [6, 6.07) is -2.75. The predicted octanol–water partition coefficient (Wildman–Crippen LogP) is -2.13. The molecule has 4 atom stereocenters. The van der Waals surface area contributed by atoms with Crippen molar-refractivity contribution in [3.05, 3.63) is 12.4 Å². The Labute approximate surface area is 171 Å². The summed E-state index contributed by atoms with van der Waals surface area (Å²) in [5.74, 6) is -0.706. The van der Waals surface area contributed by atoms with E-state index in [0.29, 0.717) is 24.4 Å². The molecule has 0 saturated carbocycles. The Morgan fingerprint density at radius 1 is 1.27 bits per heavy atom. The average Bonchev–Trinajstić information content (AvgIpc) is 3.43. The van der Waals surface area contributed by atoms with Gasteiger partial charge in [0.2, 0.25) is 5.91 Å². The lowest BCUT2D eigenvalue weighted by Crippen LogP contribution is -2.51. The summed E-state index contributed by atoms with van der Waals surface area (Å²) in [6.45, 7) is 0.418. The number of nitrogens with one attached hydrogen (secondary N) is 2. The molecule has 0 aromatic carbocycles. The molecule has 14 nitrogen and oxygen atoms in total. The molecule has 4 heterocycles. The van der Waals surface area contributed by atoms with Crippen LogP contribution >= 0.6 is 0 Å². The highest BCUT2D eigenvalue weighted by Crippen LogP contribution is 2.30. The summed E-state index contributed by atoms with van der Waals surface area (Å²) in [4.78, 5) is 40.1. The van der Waals surface area contributed by atoms with Gasteiger partial charge in [0, 0.05) is 13.1 Å². The summed E-state index contributed by atoms with van der Waals surface area (Å²) in [5.41, 5.74) is 0. The fourth-order valence-electron chi connectivity index (χ4n) is 4.07. The molecule has 0 spiro atoms. The summed E-state index contributed by atoms with van der Waals surface area (Å²) >= 11 is 0. The number of ketones is 1. The third-order valence-corrected chi connectivity index (χ3v) is 5.85. The number of nitrogens with zero attached hydrogens (tertiary/aromatic N) is 5.